The van der Waals surface area contributed by atoms with Crippen molar-refractivity contribution in [3.8, 4) is 5.75 Å². The van der Waals surface area contributed by atoms with Crippen LogP contribution in [-0.2, 0) is 11.2 Å². The van der Waals surface area contributed by atoms with Crippen LogP contribution in [0, 0.1) is 20.8 Å². The Bertz CT molecular complexity index is 1120. The van der Waals surface area contributed by atoms with E-state index in [-0.39, 0.29) is 11.5 Å². The number of aryl methyl sites for hydroxylation is 3. The normalized spacial score (nSPS) is 11.0. The Morgan fingerprint density at radius 2 is 2.00 bits per heavy atom. The molecule has 1 aromatic carbocycles. The van der Waals surface area contributed by atoms with E-state index in [1.807, 2.05) is 39.0 Å². The molecule has 0 spiro atoms. The number of amides is 2. The van der Waals surface area contributed by atoms with Crippen molar-refractivity contribution in [2.75, 3.05) is 11.9 Å². The lowest BCUT2D eigenvalue weighted by atomic mass is 10.1. The van der Waals surface area contributed by atoms with Crippen LogP contribution in [0.25, 0.3) is 5.65 Å². The SMILES string of the molecule is CCCCOc1ccc(NC(=O)CCc2c(C)nc3c(C(N)=O)cnn3c2C)c(C)c1. The average molecular weight is 424 g/mol. The van der Waals surface area contributed by atoms with Crippen molar-refractivity contribution in [1.29, 1.82) is 0 Å². The standard InChI is InChI=1S/C23H29N5O3/c1-5-6-11-31-17-7-9-20(14(2)12-17)27-21(29)10-8-18-15(3)26-23-19(22(24)30)13-25-28(23)16(18)4/h7,9,12-13H,5-6,8,10-11H2,1-4H3,(H2,24,30)(H,27,29). The summed E-state index contributed by atoms with van der Waals surface area (Å²) in [6, 6.07) is 5.68. The summed E-state index contributed by atoms with van der Waals surface area (Å²) in [7, 11) is 0. The number of anilines is 1. The van der Waals surface area contributed by atoms with Crippen molar-refractivity contribution < 1.29 is 14.3 Å². The predicted octanol–water partition coefficient (Wildman–Crippen LogP) is 3.50. The second-order valence-electron chi connectivity index (χ2n) is 7.65. The minimum atomic E-state index is -0.564. The Hall–Kier alpha value is -3.42. The molecule has 164 valence electrons. The largest absolute Gasteiger partial charge is 0.494 e. The lowest BCUT2D eigenvalue weighted by Crippen LogP contribution is -2.15. The van der Waals surface area contributed by atoms with Gasteiger partial charge in [-0.1, -0.05) is 13.3 Å². The van der Waals surface area contributed by atoms with Gasteiger partial charge >= 0.3 is 0 Å². The molecule has 3 rings (SSSR count). The number of carbonyl (C=O) groups is 2. The van der Waals surface area contributed by atoms with Crippen LogP contribution in [0.1, 0.15) is 59.1 Å². The molecular formula is C23H29N5O3. The second-order valence-corrected chi connectivity index (χ2v) is 7.65. The number of aromatic nitrogens is 3. The van der Waals surface area contributed by atoms with Crippen LogP contribution in [0.5, 0.6) is 5.75 Å². The van der Waals surface area contributed by atoms with E-state index in [9.17, 15) is 9.59 Å². The Morgan fingerprint density at radius 1 is 1.23 bits per heavy atom. The first-order chi connectivity index (χ1) is 14.8. The zero-order valence-corrected chi connectivity index (χ0v) is 18.5. The van der Waals surface area contributed by atoms with E-state index < -0.39 is 5.91 Å². The molecule has 31 heavy (non-hydrogen) atoms. The number of carbonyl (C=O) groups excluding carboxylic acids is 2. The van der Waals surface area contributed by atoms with Crippen LogP contribution in [0.4, 0.5) is 5.69 Å². The summed E-state index contributed by atoms with van der Waals surface area (Å²) in [5.41, 5.74) is 10.4. The monoisotopic (exact) mass is 423 g/mol. The fraction of sp³-hybridized carbons (Fsp3) is 0.391. The molecule has 8 nitrogen and oxygen atoms in total. The van der Waals surface area contributed by atoms with E-state index in [2.05, 4.69) is 22.3 Å². The van der Waals surface area contributed by atoms with E-state index in [1.54, 1.807) is 4.52 Å². The highest BCUT2D eigenvalue weighted by atomic mass is 16.5. The van der Waals surface area contributed by atoms with Gasteiger partial charge in [-0.2, -0.15) is 5.10 Å². The molecule has 0 atom stereocenters. The third kappa shape index (κ3) is 5.02. The molecule has 0 aliphatic carbocycles. The Balaban J connectivity index is 1.67. The molecule has 2 aromatic heterocycles. The number of primary amides is 1. The number of nitrogens with one attached hydrogen (secondary N) is 1. The maximum atomic E-state index is 12.6. The fourth-order valence-electron chi connectivity index (χ4n) is 3.50. The van der Waals surface area contributed by atoms with Gasteiger partial charge in [0.05, 0.1) is 12.8 Å². The summed E-state index contributed by atoms with van der Waals surface area (Å²) >= 11 is 0. The lowest BCUT2D eigenvalue weighted by molar-refractivity contribution is -0.116. The van der Waals surface area contributed by atoms with Crippen LogP contribution in [0.15, 0.2) is 24.4 Å². The molecule has 0 saturated carbocycles. The molecular weight excluding hydrogens is 394 g/mol. The number of hydrogen-bond acceptors (Lipinski definition) is 5. The van der Waals surface area contributed by atoms with Crippen molar-refractivity contribution in [1.82, 2.24) is 14.6 Å². The van der Waals surface area contributed by atoms with Gasteiger partial charge in [-0.05, 0) is 62.9 Å². The number of benzene rings is 1. The molecule has 0 unspecified atom stereocenters. The van der Waals surface area contributed by atoms with Crippen molar-refractivity contribution >= 4 is 23.1 Å². The van der Waals surface area contributed by atoms with E-state index in [1.165, 1.54) is 6.20 Å². The maximum absolute atomic E-state index is 12.6. The van der Waals surface area contributed by atoms with Gasteiger partial charge in [-0.15, -0.1) is 0 Å². The molecule has 0 aliphatic heterocycles. The van der Waals surface area contributed by atoms with Gasteiger partial charge in [0.1, 0.15) is 11.3 Å². The lowest BCUT2D eigenvalue weighted by Gasteiger charge is -2.13. The smallest absolute Gasteiger partial charge is 0.254 e. The minimum Gasteiger partial charge on any atom is -0.494 e. The molecule has 0 saturated heterocycles. The van der Waals surface area contributed by atoms with Gasteiger partial charge in [0.25, 0.3) is 5.91 Å². The van der Waals surface area contributed by atoms with Gasteiger partial charge in [-0.25, -0.2) is 9.50 Å². The van der Waals surface area contributed by atoms with E-state index in [0.717, 1.165) is 46.8 Å². The summed E-state index contributed by atoms with van der Waals surface area (Å²) < 4.78 is 7.31. The van der Waals surface area contributed by atoms with Crippen molar-refractivity contribution in [2.24, 2.45) is 5.73 Å². The molecule has 0 fully saturated rings. The first kappa shape index (κ1) is 22.3. The average Bonchev–Trinajstić information content (AvgIpc) is 3.14. The van der Waals surface area contributed by atoms with Gasteiger partial charge in [0.15, 0.2) is 5.65 Å². The number of unbranched alkanes of at least 4 members (excludes halogenated alkanes) is 1. The summed E-state index contributed by atoms with van der Waals surface area (Å²) in [5.74, 6) is 0.162. The van der Waals surface area contributed by atoms with Gasteiger partial charge < -0.3 is 15.8 Å². The van der Waals surface area contributed by atoms with Gasteiger partial charge in [0.2, 0.25) is 5.91 Å². The molecule has 8 heteroatoms. The third-order valence-corrected chi connectivity index (χ3v) is 5.31. The van der Waals surface area contributed by atoms with Crippen molar-refractivity contribution in [3.05, 3.63) is 52.5 Å². The van der Waals surface area contributed by atoms with Crippen LogP contribution in [0.2, 0.25) is 0 Å². The van der Waals surface area contributed by atoms with E-state index >= 15 is 0 Å². The molecule has 0 aliphatic rings. The third-order valence-electron chi connectivity index (χ3n) is 5.31. The predicted molar refractivity (Wildman–Crippen MR) is 120 cm³/mol. The summed E-state index contributed by atoms with van der Waals surface area (Å²) in [4.78, 5) is 28.6. The van der Waals surface area contributed by atoms with E-state index in [4.69, 9.17) is 10.5 Å². The number of nitrogens with zero attached hydrogens (tertiary/aromatic N) is 3. The number of ether oxygens (including phenoxy) is 1. The number of nitrogens with two attached hydrogens (primary N) is 1. The summed E-state index contributed by atoms with van der Waals surface area (Å²) in [6.07, 6.45) is 4.33. The van der Waals surface area contributed by atoms with Crippen LogP contribution < -0.4 is 15.8 Å². The highest BCUT2D eigenvalue weighted by Gasteiger charge is 2.17. The molecule has 0 bridgehead atoms. The fourth-order valence-corrected chi connectivity index (χ4v) is 3.50. The first-order valence-electron chi connectivity index (χ1n) is 10.5. The van der Waals surface area contributed by atoms with Crippen molar-refractivity contribution in [2.45, 2.75) is 53.4 Å². The molecule has 2 heterocycles. The number of rotatable bonds is 9. The van der Waals surface area contributed by atoms with Gasteiger partial charge in [0, 0.05) is 23.5 Å². The van der Waals surface area contributed by atoms with Crippen molar-refractivity contribution in [3.63, 3.8) is 0 Å². The van der Waals surface area contributed by atoms with Crippen LogP contribution in [0.3, 0.4) is 0 Å². The quantitative estimate of drug-likeness (QED) is 0.512. The summed E-state index contributed by atoms with van der Waals surface area (Å²) in [5, 5.41) is 7.20. The molecule has 3 aromatic rings. The highest BCUT2D eigenvalue weighted by Crippen LogP contribution is 2.23. The Morgan fingerprint density at radius 3 is 2.68 bits per heavy atom. The second kappa shape index (κ2) is 9.59. The maximum Gasteiger partial charge on any atom is 0.254 e. The molecule has 2 amide bonds. The zero-order valence-electron chi connectivity index (χ0n) is 18.5. The van der Waals surface area contributed by atoms with Crippen LogP contribution in [-0.4, -0.2) is 33.0 Å². The Kier molecular flexibility index (Phi) is 6.89. The van der Waals surface area contributed by atoms with E-state index in [0.29, 0.717) is 25.1 Å². The topological polar surface area (TPSA) is 112 Å². The minimum absolute atomic E-state index is 0.0834. The molecule has 0 radical (unpaired) electrons. The molecule has 3 N–H and O–H groups in total. The number of fused-ring (bicyclic) bond motifs is 1. The van der Waals surface area contributed by atoms with Crippen LogP contribution >= 0.6 is 0 Å². The first-order valence-corrected chi connectivity index (χ1v) is 10.5. The zero-order chi connectivity index (χ0) is 22.5. The summed E-state index contributed by atoms with van der Waals surface area (Å²) in [6.45, 7) is 8.52. The Labute approximate surface area is 181 Å². The highest BCUT2D eigenvalue weighted by molar-refractivity contribution is 5.98. The number of hydrogen-bond donors (Lipinski definition) is 2. The van der Waals surface area contributed by atoms with Gasteiger partial charge in [-0.3, -0.25) is 9.59 Å².